The van der Waals surface area contributed by atoms with E-state index >= 15 is 0 Å². The van der Waals surface area contributed by atoms with E-state index in [0.29, 0.717) is 19.3 Å². The summed E-state index contributed by atoms with van der Waals surface area (Å²) in [6.07, 6.45) is 46.7. The van der Waals surface area contributed by atoms with Crippen LogP contribution in [0.1, 0.15) is 285 Å². The van der Waals surface area contributed by atoms with Crippen molar-refractivity contribution in [2.75, 3.05) is 13.2 Å². The Morgan fingerprint density at radius 3 is 0.860 bits per heavy atom. The van der Waals surface area contributed by atoms with E-state index in [4.69, 9.17) is 14.2 Å². The van der Waals surface area contributed by atoms with Crippen molar-refractivity contribution in [1.29, 1.82) is 0 Å². The average molecular weight is 807 g/mol. The van der Waals surface area contributed by atoms with Crippen molar-refractivity contribution in [2.24, 2.45) is 5.92 Å². The van der Waals surface area contributed by atoms with Gasteiger partial charge in [-0.15, -0.1) is 0 Å². The van der Waals surface area contributed by atoms with Crippen LogP contribution in [0, 0.1) is 5.92 Å². The van der Waals surface area contributed by atoms with Crippen LogP contribution in [0.3, 0.4) is 0 Å². The van der Waals surface area contributed by atoms with Gasteiger partial charge >= 0.3 is 17.9 Å². The van der Waals surface area contributed by atoms with Gasteiger partial charge in [0.1, 0.15) is 13.2 Å². The van der Waals surface area contributed by atoms with Crippen molar-refractivity contribution in [3.8, 4) is 0 Å². The predicted molar refractivity (Wildman–Crippen MR) is 243 cm³/mol. The highest BCUT2D eigenvalue weighted by Crippen LogP contribution is 2.17. The van der Waals surface area contributed by atoms with Gasteiger partial charge in [-0.25, -0.2) is 0 Å². The van der Waals surface area contributed by atoms with Gasteiger partial charge in [0.25, 0.3) is 0 Å². The van der Waals surface area contributed by atoms with E-state index in [0.717, 1.165) is 63.7 Å². The Labute approximate surface area is 355 Å². The van der Waals surface area contributed by atoms with Gasteiger partial charge < -0.3 is 14.2 Å². The van der Waals surface area contributed by atoms with Crippen LogP contribution in [-0.4, -0.2) is 37.2 Å². The number of carbonyl (C=O) groups is 3. The molecule has 6 heteroatoms. The lowest BCUT2D eigenvalue weighted by molar-refractivity contribution is -0.167. The standard InChI is InChI=1S/C51H98O6/c1-5-7-9-11-13-14-15-16-17-18-21-24-27-31-34-38-42-49(52)55-45-48(57-51(54)44-40-36-29-12-10-8-6-2)46-56-50(53)43-39-35-32-28-25-22-19-20-23-26-30-33-37-41-47(3)4/h47-48H,5-46H2,1-4H3/t48-/m1/s1. The molecular formula is C51H98O6. The minimum absolute atomic E-state index is 0.0635. The lowest BCUT2D eigenvalue weighted by Gasteiger charge is -2.18. The molecule has 0 unspecified atom stereocenters. The van der Waals surface area contributed by atoms with Crippen molar-refractivity contribution in [3.05, 3.63) is 0 Å². The molecule has 1 atom stereocenters. The maximum Gasteiger partial charge on any atom is 0.306 e. The van der Waals surface area contributed by atoms with Crippen LogP contribution in [0.25, 0.3) is 0 Å². The molecular weight excluding hydrogens is 709 g/mol. The first-order valence-electron chi connectivity index (χ1n) is 25.4. The molecule has 0 aliphatic carbocycles. The van der Waals surface area contributed by atoms with Gasteiger partial charge in [0.05, 0.1) is 0 Å². The molecule has 0 N–H and O–H groups in total. The molecule has 0 spiro atoms. The van der Waals surface area contributed by atoms with Gasteiger partial charge in [0.2, 0.25) is 0 Å². The second-order valence-corrected chi connectivity index (χ2v) is 17.9. The van der Waals surface area contributed by atoms with Crippen LogP contribution in [0.15, 0.2) is 0 Å². The van der Waals surface area contributed by atoms with Gasteiger partial charge in [-0.2, -0.15) is 0 Å². The summed E-state index contributed by atoms with van der Waals surface area (Å²) < 4.78 is 16.7. The van der Waals surface area contributed by atoms with E-state index in [2.05, 4.69) is 27.7 Å². The lowest BCUT2D eigenvalue weighted by Crippen LogP contribution is -2.30. The van der Waals surface area contributed by atoms with Crippen LogP contribution in [-0.2, 0) is 28.6 Å². The number of hydrogen-bond acceptors (Lipinski definition) is 6. The summed E-state index contributed by atoms with van der Waals surface area (Å²) in [4.78, 5) is 37.7. The Balaban J connectivity index is 4.17. The molecule has 0 radical (unpaired) electrons. The molecule has 0 amide bonds. The largest absolute Gasteiger partial charge is 0.462 e. The predicted octanol–water partition coefficient (Wildman–Crippen LogP) is 16.3. The number of ether oxygens (including phenoxy) is 3. The summed E-state index contributed by atoms with van der Waals surface area (Å²) in [6, 6.07) is 0. The van der Waals surface area contributed by atoms with Crippen LogP contribution in [0.4, 0.5) is 0 Å². The Hall–Kier alpha value is -1.59. The van der Waals surface area contributed by atoms with Gasteiger partial charge in [-0.05, 0) is 25.2 Å². The molecule has 0 heterocycles. The highest BCUT2D eigenvalue weighted by atomic mass is 16.6. The summed E-state index contributed by atoms with van der Waals surface area (Å²) in [5, 5.41) is 0. The number of hydrogen-bond donors (Lipinski definition) is 0. The maximum absolute atomic E-state index is 12.7. The normalized spacial score (nSPS) is 11.9. The van der Waals surface area contributed by atoms with Gasteiger partial charge in [0.15, 0.2) is 6.10 Å². The van der Waals surface area contributed by atoms with Crippen LogP contribution < -0.4 is 0 Å². The molecule has 0 saturated heterocycles. The summed E-state index contributed by atoms with van der Waals surface area (Å²) in [5.41, 5.74) is 0. The first kappa shape index (κ1) is 55.4. The number of unbranched alkanes of at least 4 members (excludes halogenated alkanes) is 33. The van der Waals surface area contributed by atoms with Gasteiger partial charge in [-0.1, -0.05) is 246 Å². The van der Waals surface area contributed by atoms with Crippen LogP contribution >= 0.6 is 0 Å². The number of esters is 3. The van der Waals surface area contributed by atoms with E-state index in [1.54, 1.807) is 0 Å². The van der Waals surface area contributed by atoms with Crippen molar-refractivity contribution in [2.45, 2.75) is 291 Å². The molecule has 0 aromatic heterocycles. The van der Waals surface area contributed by atoms with E-state index in [1.165, 1.54) is 180 Å². The Morgan fingerprint density at radius 1 is 0.333 bits per heavy atom. The Morgan fingerprint density at radius 2 is 0.579 bits per heavy atom. The summed E-state index contributed by atoms with van der Waals surface area (Å²) in [7, 11) is 0. The Bertz CT molecular complexity index is 857. The lowest BCUT2D eigenvalue weighted by atomic mass is 10.0. The molecule has 338 valence electrons. The van der Waals surface area contributed by atoms with Crippen molar-refractivity contribution < 1.29 is 28.6 Å². The number of carbonyl (C=O) groups excluding carboxylic acids is 3. The zero-order valence-corrected chi connectivity index (χ0v) is 38.8. The van der Waals surface area contributed by atoms with Crippen LogP contribution in [0.5, 0.6) is 0 Å². The molecule has 0 fully saturated rings. The minimum Gasteiger partial charge on any atom is -0.462 e. The second-order valence-electron chi connectivity index (χ2n) is 17.9. The van der Waals surface area contributed by atoms with Gasteiger partial charge in [0, 0.05) is 19.3 Å². The molecule has 6 nitrogen and oxygen atoms in total. The fourth-order valence-electron chi connectivity index (χ4n) is 7.69. The number of rotatable bonds is 46. The van der Waals surface area contributed by atoms with Gasteiger partial charge in [-0.3, -0.25) is 14.4 Å². The van der Waals surface area contributed by atoms with Crippen molar-refractivity contribution in [1.82, 2.24) is 0 Å². The summed E-state index contributed by atoms with van der Waals surface area (Å²) >= 11 is 0. The fourth-order valence-corrected chi connectivity index (χ4v) is 7.69. The SMILES string of the molecule is CCCCCCCCCCCCCCCCCCC(=O)OC[C@H](COC(=O)CCCCCCCCCCCCCCCC(C)C)OC(=O)CCCCCCCCC. The highest BCUT2D eigenvalue weighted by Gasteiger charge is 2.19. The highest BCUT2D eigenvalue weighted by molar-refractivity contribution is 5.71. The van der Waals surface area contributed by atoms with Crippen molar-refractivity contribution in [3.63, 3.8) is 0 Å². The monoisotopic (exact) mass is 807 g/mol. The first-order chi connectivity index (χ1) is 27.9. The van der Waals surface area contributed by atoms with E-state index in [-0.39, 0.29) is 31.1 Å². The third-order valence-corrected chi connectivity index (χ3v) is 11.5. The van der Waals surface area contributed by atoms with Crippen molar-refractivity contribution >= 4 is 17.9 Å². The second kappa shape index (κ2) is 45.5. The zero-order chi connectivity index (χ0) is 41.7. The molecule has 0 bridgehead atoms. The molecule has 0 aliphatic heterocycles. The molecule has 57 heavy (non-hydrogen) atoms. The fraction of sp³-hybridized carbons (Fsp3) is 0.941. The average Bonchev–Trinajstić information content (AvgIpc) is 3.19. The maximum atomic E-state index is 12.7. The minimum atomic E-state index is -0.759. The smallest absolute Gasteiger partial charge is 0.306 e. The first-order valence-corrected chi connectivity index (χ1v) is 25.4. The molecule has 0 rings (SSSR count). The van der Waals surface area contributed by atoms with E-state index < -0.39 is 6.10 Å². The molecule has 0 aromatic carbocycles. The Kier molecular flexibility index (Phi) is 44.2. The summed E-state index contributed by atoms with van der Waals surface area (Å²) in [5.74, 6) is -0.0129. The topological polar surface area (TPSA) is 78.9 Å². The zero-order valence-electron chi connectivity index (χ0n) is 38.8. The third kappa shape index (κ3) is 45.3. The quantitative estimate of drug-likeness (QED) is 0.0346. The van der Waals surface area contributed by atoms with E-state index in [1.807, 2.05) is 0 Å². The third-order valence-electron chi connectivity index (χ3n) is 11.5. The molecule has 0 aromatic rings. The molecule has 0 aliphatic rings. The summed E-state index contributed by atoms with van der Waals surface area (Å²) in [6.45, 7) is 8.99. The van der Waals surface area contributed by atoms with Crippen LogP contribution in [0.2, 0.25) is 0 Å². The van der Waals surface area contributed by atoms with E-state index in [9.17, 15) is 14.4 Å². The molecule has 0 saturated carbocycles.